The van der Waals surface area contributed by atoms with Crippen molar-refractivity contribution in [2.45, 2.75) is 19.5 Å². The Balaban J connectivity index is 2.65. The molecule has 0 aliphatic carbocycles. The number of nitrogens with one attached hydrogen (secondary N) is 1. The normalized spacial score (nSPS) is 21.2. The average molecular weight is 180 g/mol. The van der Waals surface area contributed by atoms with Gasteiger partial charge in [0, 0.05) is 31.4 Å². The van der Waals surface area contributed by atoms with E-state index in [1.54, 1.807) is 6.20 Å². The lowest BCUT2D eigenvalue weighted by Crippen LogP contribution is -2.33. The van der Waals surface area contributed by atoms with Crippen LogP contribution in [0.15, 0.2) is 17.1 Å². The van der Waals surface area contributed by atoms with Gasteiger partial charge in [-0.3, -0.25) is 4.79 Å². The van der Waals surface area contributed by atoms with Crippen molar-refractivity contribution >= 4 is 0 Å². The van der Waals surface area contributed by atoms with Gasteiger partial charge in [0.05, 0.1) is 5.69 Å². The molecule has 0 amide bonds. The van der Waals surface area contributed by atoms with Crippen LogP contribution in [0.2, 0.25) is 0 Å². The van der Waals surface area contributed by atoms with Gasteiger partial charge in [-0.25, -0.2) is 0 Å². The van der Waals surface area contributed by atoms with Crippen LogP contribution >= 0.6 is 0 Å². The molecule has 70 valence electrons. The van der Waals surface area contributed by atoms with Crippen LogP contribution in [-0.4, -0.2) is 16.2 Å². The van der Waals surface area contributed by atoms with E-state index in [0.717, 1.165) is 13.1 Å². The summed E-state index contributed by atoms with van der Waals surface area (Å²) in [6, 6.07) is 1.44. The molecule has 1 aliphatic heterocycles. The van der Waals surface area contributed by atoms with Crippen molar-refractivity contribution < 1.29 is 5.11 Å². The number of fused-ring (bicyclic) bond motifs is 1. The zero-order chi connectivity index (χ0) is 9.42. The van der Waals surface area contributed by atoms with Crippen molar-refractivity contribution in [1.82, 2.24) is 9.88 Å². The second kappa shape index (κ2) is 2.88. The Kier molecular flexibility index (Phi) is 1.84. The van der Waals surface area contributed by atoms with Gasteiger partial charge in [-0.05, 0) is 6.92 Å². The lowest BCUT2D eigenvalue weighted by atomic mass is 10.1. The monoisotopic (exact) mass is 180 g/mol. The van der Waals surface area contributed by atoms with E-state index in [1.807, 2.05) is 11.5 Å². The van der Waals surface area contributed by atoms with Gasteiger partial charge in [-0.2, -0.15) is 0 Å². The molecule has 2 rings (SSSR count). The Morgan fingerprint density at radius 3 is 3.23 bits per heavy atom. The summed E-state index contributed by atoms with van der Waals surface area (Å²) in [5, 5.41) is 12.7. The van der Waals surface area contributed by atoms with E-state index in [1.165, 1.54) is 6.07 Å². The number of aromatic hydroxyl groups is 1. The van der Waals surface area contributed by atoms with Crippen LogP contribution < -0.4 is 10.7 Å². The SMILES string of the molecule is CC1NCCn2ccc(=O)c(O)c21. The van der Waals surface area contributed by atoms with Gasteiger partial charge in [0.25, 0.3) is 0 Å². The van der Waals surface area contributed by atoms with Crippen molar-refractivity contribution in [3.8, 4) is 5.75 Å². The fourth-order valence-corrected chi connectivity index (χ4v) is 1.73. The van der Waals surface area contributed by atoms with Gasteiger partial charge >= 0.3 is 0 Å². The van der Waals surface area contributed by atoms with E-state index in [2.05, 4.69) is 5.32 Å². The molecule has 0 spiro atoms. The van der Waals surface area contributed by atoms with Crippen LogP contribution in [-0.2, 0) is 6.54 Å². The summed E-state index contributed by atoms with van der Waals surface area (Å²) in [6.07, 6.45) is 1.73. The smallest absolute Gasteiger partial charge is 0.223 e. The Morgan fingerprint density at radius 1 is 1.69 bits per heavy atom. The molecule has 1 aliphatic rings. The van der Waals surface area contributed by atoms with Crippen LogP contribution in [0.5, 0.6) is 5.75 Å². The molecule has 0 fully saturated rings. The van der Waals surface area contributed by atoms with Crippen molar-refractivity contribution in [2.75, 3.05) is 6.54 Å². The molecule has 0 radical (unpaired) electrons. The zero-order valence-corrected chi connectivity index (χ0v) is 7.45. The lowest BCUT2D eigenvalue weighted by molar-refractivity contribution is 0.390. The van der Waals surface area contributed by atoms with Crippen LogP contribution in [0.1, 0.15) is 18.7 Å². The first-order valence-electron chi connectivity index (χ1n) is 4.36. The maximum Gasteiger partial charge on any atom is 0.223 e. The molecule has 13 heavy (non-hydrogen) atoms. The number of hydrogen-bond acceptors (Lipinski definition) is 3. The Bertz CT molecular complexity index is 384. The summed E-state index contributed by atoms with van der Waals surface area (Å²) in [5.41, 5.74) is 0.389. The molecule has 2 N–H and O–H groups in total. The summed E-state index contributed by atoms with van der Waals surface area (Å²) < 4.78 is 1.91. The Hall–Kier alpha value is -1.29. The minimum atomic E-state index is -0.304. The Morgan fingerprint density at radius 2 is 2.46 bits per heavy atom. The molecular weight excluding hydrogens is 168 g/mol. The van der Waals surface area contributed by atoms with Gasteiger partial charge in [0.15, 0.2) is 5.75 Å². The highest BCUT2D eigenvalue weighted by Crippen LogP contribution is 2.22. The predicted molar refractivity (Wildman–Crippen MR) is 48.8 cm³/mol. The van der Waals surface area contributed by atoms with E-state index in [9.17, 15) is 9.90 Å². The van der Waals surface area contributed by atoms with Gasteiger partial charge in [-0.15, -0.1) is 0 Å². The molecule has 1 unspecified atom stereocenters. The zero-order valence-electron chi connectivity index (χ0n) is 7.45. The average Bonchev–Trinajstić information content (AvgIpc) is 2.12. The highest BCUT2D eigenvalue weighted by Gasteiger charge is 2.19. The third-order valence-electron chi connectivity index (χ3n) is 2.40. The summed E-state index contributed by atoms with van der Waals surface area (Å²) in [6.45, 7) is 3.61. The van der Waals surface area contributed by atoms with E-state index >= 15 is 0 Å². The lowest BCUT2D eigenvalue weighted by Gasteiger charge is -2.26. The first-order chi connectivity index (χ1) is 6.20. The molecule has 0 bridgehead atoms. The predicted octanol–water partition coefficient (Wildman–Crippen LogP) is 0.218. The first kappa shape index (κ1) is 8.31. The molecular formula is C9H12N2O2. The standard InChI is InChI=1S/C9H12N2O2/c1-6-8-9(13)7(12)2-4-11(8)5-3-10-6/h2,4,6,10,13H,3,5H2,1H3. The molecule has 1 atom stereocenters. The van der Waals surface area contributed by atoms with E-state index in [-0.39, 0.29) is 17.2 Å². The second-order valence-corrected chi connectivity index (χ2v) is 3.28. The molecule has 4 nitrogen and oxygen atoms in total. The van der Waals surface area contributed by atoms with Crippen LogP contribution in [0, 0.1) is 0 Å². The van der Waals surface area contributed by atoms with Gasteiger partial charge in [0.1, 0.15) is 0 Å². The molecule has 4 heteroatoms. The van der Waals surface area contributed by atoms with Crippen molar-refractivity contribution in [1.29, 1.82) is 0 Å². The summed E-state index contributed by atoms with van der Waals surface area (Å²) >= 11 is 0. The minimum Gasteiger partial charge on any atom is -0.503 e. The van der Waals surface area contributed by atoms with Gasteiger partial charge < -0.3 is 15.0 Å². The van der Waals surface area contributed by atoms with Crippen LogP contribution in [0.3, 0.4) is 0 Å². The molecule has 2 heterocycles. The molecule has 0 saturated carbocycles. The second-order valence-electron chi connectivity index (χ2n) is 3.28. The number of rotatable bonds is 0. The summed E-state index contributed by atoms with van der Waals surface area (Å²) in [4.78, 5) is 11.1. The summed E-state index contributed by atoms with van der Waals surface area (Å²) in [5.74, 6) is -0.123. The fourth-order valence-electron chi connectivity index (χ4n) is 1.73. The topological polar surface area (TPSA) is 54.3 Å². The number of pyridine rings is 1. The molecule has 0 saturated heterocycles. The Labute approximate surface area is 75.8 Å². The third-order valence-corrected chi connectivity index (χ3v) is 2.40. The molecule has 0 aromatic carbocycles. The summed E-state index contributed by atoms with van der Waals surface area (Å²) in [7, 11) is 0. The highest BCUT2D eigenvalue weighted by molar-refractivity contribution is 5.30. The minimum absolute atomic E-state index is 0.0441. The van der Waals surface area contributed by atoms with Gasteiger partial charge in [0.2, 0.25) is 5.43 Å². The van der Waals surface area contributed by atoms with Crippen molar-refractivity contribution in [3.63, 3.8) is 0 Å². The number of hydrogen-bond donors (Lipinski definition) is 2. The maximum absolute atomic E-state index is 11.1. The number of aromatic nitrogens is 1. The largest absolute Gasteiger partial charge is 0.503 e. The third kappa shape index (κ3) is 1.23. The first-order valence-corrected chi connectivity index (χ1v) is 4.36. The highest BCUT2D eigenvalue weighted by atomic mass is 16.3. The molecule has 1 aromatic heterocycles. The molecule has 1 aromatic rings. The quantitative estimate of drug-likeness (QED) is 0.600. The van der Waals surface area contributed by atoms with Crippen LogP contribution in [0.4, 0.5) is 0 Å². The van der Waals surface area contributed by atoms with E-state index in [4.69, 9.17) is 0 Å². The van der Waals surface area contributed by atoms with Gasteiger partial charge in [-0.1, -0.05) is 0 Å². The van der Waals surface area contributed by atoms with E-state index < -0.39 is 0 Å². The fraction of sp³-hybridized carbons (Fsp3) is 0.444. The number of nitrogens with zero attached hydrogens (tertiary/aromatic N) is 1. The van der Waals surface area contributed by atoms with E-state index in [0.29, 0.717) is 5.69 Å². The van der Waals surface area contributed by atoms with Crippen molar-refractivity contribution in [3.05, 3.63) is 28.2 Å². The van der Waals surface area contributed by atoms with Crippen molar-refractivity contribution in [2.24, 2.45) is 0 Å². The maximum atomic E-state index is 11.1. The van der Waals surface area contributed by atoms with Crippen LogP contribution in [0.25, 0.3) is 0 Å².